The molecule has 61 heavy (non-hydrogen) atoms. The average Bonchev–Trinajstić information content (AvgIpc) is 3.25. The third-order valence-corrected chi connectivity index (χ3v) is 11.9. The van der Waals surface area contributed by atoms with Crippen LogP contribution in [0.15, 0.2) is 48.6 Å². The Hall–Kier alpha value is -2.18. The highest BCUT2D eigenvalue weighted by atomic mass is 16.5. The molecule has 356 valence electrons. The lowest BCUT2D eigenvalue weighted by atomic mass is 10.0. The van der Waals surface area contributed by atoms with E-state index in [1.807, 2.05) is 0 Å². The Bertz CT molecular complexity index is 1050. The second-order valence-corrected chi connectivity index (χ2v) is 17.9. The van der Waals surface area contributed by atoms with Crippen LogP contribution >= 0.6 is 0 Å². The Balaban J connectivity index is 4.61. The monoisotopic (exact) mass is 856 g/mol. The Morgan fingerprint density at radius 1 is 0.492 bits per heavy atom. The highest BCUT2D eigenvalue weighted by molar-refractivity contribution is 5.77. The molecule has 0 aromatic rings. The van der Waals surface area contributed by atoms with Gasteiger partial charge in [0.05, 0.1) is 25.2 Å². The van der Waals surface area contributed by atoms with Gasteiger partial charge in [-0.3, -0.25) is 9.59 Å². The van der Waals surface area contributed by atoms with Gasteiger partial charge in [-0.1, -0.05) is 217 Å². The number of allylic oxidation sites excluding steroid dienone is 8. The quantitative estimate of drug-likeness (QED) is 0.0322. The van der Waals surface area contributed by atoms with E-state index in [9.17, 15) is 19.8 Å². The van der Waals surface area contributed by atoms with E-state index >= 15 is 0 Å². The van der Waals surface area contributed by atoms with Crippen LogP contribution in [0.5, 0.6) is 0 Å². The largest absolute Gasteiger partial charge is 0.462 e. The van der Waals surface area contributed by atoms with Gasteiger partial charge >= 0.3 is 5.97 Å². The first-order valence-corrected chi connectivity index (χ1v) is 26.4. The summed E-state index contributed by atoms with van der Waals surface area (Å²) in [6, 6.07) is -0.708. The summed E-state index contributed by atoms with van der Waals surface area (Å²) in [7, 11) is 0. The summed E-state index contributed by atoms with van der Waals surface area (Å²) in [6.45, 7) is 6.36. The molecule has 3 atom stereocenters. The van der Waals surface area contributed by atoms with Crippen molar-refractivity contribution >= 4 is 11.9 Å². The molecule has 0 radical (unpaired) electrons. The predicted octanol–water partition coefficient (Wildman–Crippen LogP) is 15.8. The number of amides is 1. The number of aliphatic hydroxyl groups is 2. The van der Waals surface area contributed by atoms with E-state index < -0.39 is 18.2 Å². The molecule has 0 saturated carbocycles. The van der Waals surface area contributed by atoms with Crippen LogP contribution in [0.2, 0.25) is 0 Å². The average molecular weight is 856 g/mol. The third-order valence-electron chi connectivity index (χ3n) is 11.9. The molecule has 6 nitrogen and oxygen atoms in total. The summed E-state index contributed by atoms with van der Waals surface area (Å²) < 4.78 is 5.93. The van der Waals surface area contributed by atoms with E-state index in [0.717, 1.165) is 89.9 Å². The molecule has 3 unspecified atom stereocenters. The number of nitrogens with one attached hydrogen (secondary N) is 1. The van der Waals surface area contributed by atoms with Crippen molar-refractivity contribution in [1.29, 1.82) is 0 Å². The normalized spacial score (nSPS) is 13.6. The van der Waals surface area contributed by atoms with Crippen molar-refractivity contribution in [3.05, 3.63) is 48.6 Å². The molecule has 0 aliphatic carbocycles. The van der Waals surface area contributed by atoms with Gasteiger partial charge in [0.25, 0.3) is 0 Å². The summed E-state index contributed by atoms with van der Waals surface area (Å²) >= 11 is 0. The minimum atomic E-state index is -0.792. The van der Waals surface area contributed by atoms with E-state index in [2.05, 4.69) is 74.7 Å². The van der Waals surface area contributed by atoms with Crippen molar-refractivity contribution in [2.24, 2.45) is 0 Å². The number of hydrogen-bond acceptors (Lipinski definition) is 5. The van der Waals surface area contributed by atoms with E-state index in [0.29, 0.717) is 19.3 Å². The number of carbonyl (C=O) groups is 2. The van der Waals surface area contributed by atoms with Gasteiger partial charge in [-0.15, -0.1) is 0 Å². The lowest BCUT2D eigenvalue weighted by Gasteiger charge is -2.24. The molecule has 0 aromatic carbocycles. The molecule has 0 rings (SSSR count). The lowest BCUT2D eigenvalue weighted by molar-refractivity contribution is -0.151. The fraction of sp³-hybridized carbons (Fsp3) is 0.818. The minimum Gasteiger partial charge on any atom is -0.462 e. The molecular formula is C55H101NO5. The maximum atomic E-state index is 13.2. The van der Waals surface area contributed by atoms with Gasteiger partial charge in [0.1, 0.15) is 6.10 Å². The Morgan fingerprint density at radius 2 is 0.885 bits per heavy atom. The maximum absolute atomic E-state index is 13.2. The summed E-state index contributed by atoms with van der Waals surface area (Å²) in [5.74, 6) is -0.498. The topological polar surface area (TPSA) is 95.9 Å². The molecule has 1 amide bonds. The molecule has 6 heteroatoms. The van der Waals surface area contributed by atoms with Crippen molar-refractivity contribution in [2.45, 2.75) is 283 Å². The number of ether oxygens (including phenoxy) is 1. The summed E-state index contributed by atoms with van der Waals surface area (Å²) in [4.78, 5) is 26.2. The van der Waals surface area contributed by atoms with E-state index in [1.165, 1.54) is 128 Å². The number of carbonyl (C=O) groups excluding carboxylic acids is 2. The zero-order valence-electron chi connectivity index (χ0n) is 40.5. The molecule has 0 aromatic heterocycles. The maximum Gasteiger partial charge on any atom is 0.306 e. The van der Waals surface area contributed by atoms with Gasteiger partial charge < -0.3 is 20.3 Å². The molecular weight excluding hydrogens is 755 g/mol. The second-order valence-electron chi connectivity index (χ2n) is 17.9. The van der Waals surface area contributed by atoms with Gasteiger partial charge in [-0.2, -0.15) is 0 Å². The minimum absolute atomic E-state index is 0.0624. The van der Waals surface area contributed by atoms with Crippen LogP contribution in [0.1, 0.15) is 265 Å². The molecule has 0 fully saturated rings. The highest BCUT2D eigenvalue weighted by Crippen LogP contribution is 2.17. The Kier molecular flexibility index (Phi) is 47.1. The van der Waals surface area contributed by atoms with Crippen LogP contribution in [0.4, 0.5) is 0 Å². The van der Waals surface area contributed by atoms with E-state index in [1.54, 1.807) is 0 Å². The van der Waals surface area contributed by atoms with Crippen LogP contribution in [0.25, 0.3) is 0 Å². The first-order chi connectivity index (χ1) is 30.0. The first-order valence-electron chi connectivity index (χ1n) is 26.4. The van der Waals surface area contributed by atoms with Gasteiger partial charge in [0, 0.05) is 6.42 Å². The molecule has 0 aliphatic rings. The summed E-state index contributed by atoms with van der Waals surface area (Å²) in [5.41, 5.74) is 0. The van der Waals surface area contributed by atoms with Crippen molar-refractivity contribution in [3.63, 3.8) is 0 Å². The van der Waals surface area contributed by atoms with E-state index in [-0.39, 0.29) is 24.9 Å². The zero-order valence-corrected chi connectivity index (χ0v) is 40.5. The van der Waals surface area contributed by atoms with Crippen molar-refractivity contribution in [3.8, 4) is 0 Å². The lowest BCUT2D eigenvalue weighted by Crippen LogP contribution is -2.46. The Labute approximate surface area is 378 Å². The molecule has 0 bridgehead atoms. The van der Waals surface area contributed by atoms with Gasteiger partial charge in [-0.25, -0.2) is 0 Å². The number of hydrogen-bond donors (Lipinski definition) is 3. The van der Waals surface area contributed by atoms with Gasteiger partial charge in [-0.05, 0) is 83.5 Å². The fourth-order valence-electron chi connectivity index (χ4n) is 7.91. The van der Waals surface area contributed by atoms with Crippen molar-refractivity contribution in [1.82, 2.24) is 5.32 Å². The predicted molar refractivity (Wildman–Crippen MR) is 264 cm³/mol. The molecule has 3 N–H and O–H groups in total. The zero-order chi connectivity index (χ0) is 44.5. The first kappa shape index (κ1) is 58.8. The molecule has 0 aliphatic heterocycles. The van der Waals surface area contributed by atoms with Crippen LogP contribution in [-0.4, -0.2) is 46.9 Å². The summed E-state index contributed by atoms with van der Waals surface area (Å²) in [6.07, 6.45) is 58.9. The third kappa shape index (κ3) is 44.2. The van der Waals surface area contributed by atoms with Crippen molar-refractivity contribution in [2.75, 3.05) is 6.61 Å². The highest BCUT2D eigenvalue weighted by Gasteiger charge is 2.24. The van der Waals surface area contributed by atoms with Gasteiger partial charge in [0.2, 0.25) is 5.91 Å². The summed E-state index contributed by atoms with van der Waals surface area (Å²) in [5, 5.41) is 23.7. The molecule has 0 spiro atoms. The number of aliphatic hydroxyl groups excluding tert-OH is 2. The standard InChI is InChI=1S/C55H101NO5/c1-4-7-10-13-16-19-22-24-26-28-30-32-34-37-40-43-46-51(49-54(59)56-52(50-57)53(58)47-44-41-38-35-21-18-15-12-9-6-3)61-55(60)48-45-42-39-36-33-31-29-27-25-23-20-17-14-11-8-5-2/h8,11,17,20,25,27,30,32,51-53,57-58H,4-7,9-10,12-16,18-19,21-24,26,28-29,31,33-50H2,1-3H3,(H,56,59)/b11-8+,20-17+,27-25+,32-30+. The van der Waals surface area contributed by atoms with E-state index in [4.69, 9.17) is 4.74 Å². The smallest absolute Gasteiger partial charge is 0.306 e. The van der Waals surface area contributed by atoms with Crippen LogP contribution in [0.3, 0.4) is 0 Å². The molecule has 0 heterocycles. The van der Waals surface area contributed by atoms with Gasteiger partial charge in [0.15, 0.2) is 0 Å². The number of rotatable bonds is 47. The molecule has 0 saturated heterocycles. The number of esters is 1. The van der Waals surface area contributed by atoms with Crippen molar-refractivity contribution < 1.29 is 24.5 Å². The van der Waals surface area contributed by atoms with Crippen LogP contribution in [0, 0.1) is 0 Å². The van der Waals surface area contributed by atoms with Crippen LogP contribution < -0.4 is 5.32 Å². The SMILES string of the molecule is CC/C=C/C/C=C/C/C=C/CCCCCCCCC(=O)OC(CCCCC/C=C/CCCCCCCCCCC)CC(=O)NC(CO)C(O)CCCCCCCCCCCC. The Morgan fingerprint density at radius 3 is 1.38 bits per heavy atom. The second kappa shape index (κ2) is 48.8. The van der Waals surface area contributed by atoms with Crippen LogP contribution in [-0.2, 0) is 14.3 Å². The fourth-order valence-corrected chi connectivity index (χ4v) is 7.91. The number of unbranched alkanes of at least 4 members (excludes halogenated alkanes) is 27.